The summed E-state index contributed by atoms with van der Waals surface area (Å²) in [5.41, 5.74) is 0.764. The molecular formula is C17H25Cl2NO. The minimum absolute atomic E-state index is 0.163. The monoisotopic (exact) mass is 329 g/mol. The van der Waals surface area contributed by atoms with E-state index in [4.69, 9.17) is 23.2 Å². The zero-order valence-corrected chi connectivity index (χ0v) is 14.6. The molecule has 0 bridgehead atoms. The van der Waals surface area contributed by atoms with Gasteiger partial charge < -0.3 is 10.0 Å². The number of benzene rings is 1. The maximum absolute atomic E-state index is 10.9. The predicted molar refractivity (Wildman–Crippen MR) is 90.2 cm³/mol. The third-order valence-electron chi connectivity index (χ3n) is 4.94. The van der Waals surface area contributed by atoms with Crippen molar-refractivity contribution in [3.8, 4) is 0 Å². The van der Waals surface area contributed by atoms with Crippen LogP contribution >= 0.6 is 23.2 Å². The van der Waals surface area contributed by atoms with Crippen LogP contribution < -0.4 is 0 Å². The van der Waals surface area contributed by atoms with Crippen molar-refractivity contribution >= 4 is 23.2 Å². The molecule has 1 saturated carbocycles. The van der Waals surface area contributed by atoms with E-state index >= 15 is 0 Å². The molecule has 1 N–H and O–H groups in total. The summed E-state index contributed by atoms with van der Waals surface area (Å²) < 4.78 is 0. The van der Waals surface area contributed by atoms with Gasteiger partial charge in [0.05, 0.1) is 6.10 Å². The van der Waals surface area contributed by atoms with Gasteiger partial charge in [0.1, 0.15) is 0 Å². The lowest BCUT2D eigenvalue weighted by atomic mass is 9.71. The second-order valence-corrected chi connectivity index (χ2v) is 7.50. The zero-order valence-electron chi connectivity index (χ0n) is 13.1. The fourth-order valence-electron chi connectivity index (χ4n) is 3.67. The largest absolute Gasteiger partial charge is 0.391 e. The maximum Gasteiger partial charge on any atom is 0.0764 e. The van der Waals surface area contributed by atoms with Crippen molar-refractivity contribution in [2.45, 2.75) is 50.7 Å². The van der Waals surface area contributed by atoms with Crippen LogP contribution in [0.1, 0.15) is 38.2 Å². The number of likely N-dealkylation sites (N-methyl/N-ethyl adjacent to an activating group) is 1. The first kappa shape index (κ1) is 17.1. The minimum Gasteiger partial charge on any atom is -0.391 e. The number of aliphatic hydroxyl groups excluding tert-OH is 1. The lowest BCUT2D eigenvalue weighted by molar-refractivity contribution is -0.0424. The average Bonchev–Trinajstić information content (AvgIpc) is 2.42. The highest BCUT2D eigenvalue weighted by atomic mass is 35.5. The molecule has 0 aliphatic heterocycles. The SMILES string of the molecule is CC1CCCC(C(O)Cc2cc(Cl)ccc2Cl)(N(C)C)C1. The Morgan fingerprint density at radius 1 is 1.38 bits per heavy atom. The van der Waals surface area contributed by atoms with Crippen molar-refractivity contribution in [3.63, 3.8) is 0 Å². The molecular weight excluding hydrogens is 305 g/mol. The van der Waals surface area contributed by atoms with E-state index < -0.39 is 6.10 Å². The molecule has 0 saturated heterocycles. The molecule has 3 unspecified atom stereocenters. The quantitative estimate of drug-likeness (QED) is 0.884. The van der Waals surface area contributed by atoms with Crippen molar-refractivity contribution in [1.82, 2.24) is 4.90 Å². The Labute approximate surface area is 138 Å². The summed E-state index contributed by atoms with van der Waals surface area (Å²) >= 11 is 12.3. The molecule has 21 heavy (non-hydrogen) atoms. The van der Waals surface area contributed by atoms with Gasteiger partial charge in [0.2, 0.25) is 0 Å². The van der Waals surface area contributed by atoms with Crippen molar-refractivity contribution in [2.24, 2.45) is 5.92 Å². The standard InChI is InChI=1S/C17H25Cl2NO/c1-12-5-4-8-17(11-12,20(2)3)16(21)10-13-9-14(18)6-7-15(13)19/h6-7,9,12,16,21H,4-5,8,10-11H2,1-3H3. The highest BCUT2D eigenvalue weighted by Gasteiger charge is 2.43. The van der Waals surface area contributed by atoms with Crippen molar-refractivity contribution in [1.29, 1.82) is 0 Å². The number of halogens is 2. The van der Waals surface area contributed by atoms with Gasteiger partial charge in [-0.3, -0.25) is 0 Å². The zero-order chi connectivity index (χ0) is 15.6. The number of nitrogens with zero attached hydrogens (tertiary/aromatic N) is 1. The van der Waals surface area contributed by atoms with Gasteiger partial charge in [0.15, 0.2) is 0 Å². The van der Waals surface area contributed by atoms with Gasteiger partial charge in [0, 0.05) is 22.0 Å². The summed E-state index contributed by atoms with van der Waals surface area (Å²) in [4.78, 5) is 2.20. The lowest BCUT2D eigenvalue weighted by Crippen LogP contribution is -2.56. The maximum atomic E-state index is 10.9. The molecule has 4 heteroatoms. The van der Waals surface area contributed by atoms with Crippen molar-refractivity contribution in [2.75, 3.05) is 14.1 Å². The second kappa shape index (κ2) is 6.87. The van der Waals surface area contributed by atoms with Gasteiger partial charge in [0.25, 0.3) is 0 Å². The predicted octanol–water partition coefficient (Wildman–Crippen LogP) is 4.41. The van der Waals surface area contributed by atoms with Gasteiger partial charge >= 0.3 is 0 Å². The number of aliphatic hydroxyl groups is 1. The molecule has 0 heterocycles. The first-order valence-electron chi connectivity index (χ1n) is 7.64. The molecule has 0 amide bonds. The fraction of sp³-hybridized carbons (Fsp3) is 0.647. The lowest BCUT2D eigenvalue weighted by Gasteiger charge is -2.48. The minimum atomic E-state index is -0.439. The third-order valence-corrected chi connectivity index (χ3v) is 5.54. The molecule has 1 fully saturated rings. The van der Waals surface area contributed by atoms with Gasteiger partial charge in [-0.05, 0) is 56.6 Å². The first-order chi connectivity index (χ1) is 9.85. The van der Waals surface area contributed by atoms with Crippen LogP contribution in [0.25, 0.3) is 0 Å². The second-order valence-electron chi connectivity index (χ2n) is 6.66. The smallest absolute Gasteiger partial charge is 0.0764 e. The van der Waals surface area contributed by atoms with Crippen LogP contribution in [0.2, 0.25) is 10.0 Å². The summed E-state index contributed by atoms with van der Waals surface area (Å²) in [7, 11) is 4.14. The van der Waals surface area contributed by atoms with Gasteiger partial charge in [-0.25, -0.2) is 0 Å². The van der Waals surface area contributed by atoms with E-state index in [-0.39, 0.29) is 5.54 Å². The van der Waals surface area contributed by atoms with Crippen LogP contribution in [0.15, 0.2) is 18.2 Å². The molecule has 0 radical (unpaired) electrons. The molecule has 2 nitrogen and oxygen atoms in total. The highest BCUT2D eigenvalue weighted by Crippen LogP contribution is 2.39. The topological polar surface area (TPSA) is 23.5 Å². The number of hydrogen-bond acceptors (Lipinski definition) is 2. The molecule has 118 valence electrons. The van der Waals surface area contributed by atoms with Crippen LogP contribution in [0.3, 0.4) is 0 Å². The van der Waals surface area contributed by atoms with E-state index in [1.165, 1.54) is 12.8 Å². The third kappa shape index (κ3) is 3.73. The van der Waals surface area contributed by atoms with Gasteiger partial charge in [-0.1, -0.05) is 43.0 Å². The van der Waals surface area contributed by atoms with E-state index in [9.17, 15) is 5.11 Å². The Hall–Kier alpha value is -0.280. The summed E-state index contributed by atoms with van der Waals surface area (Å²) in [6.45, 7) is 2.27. The molecule has 1 aromatic carbocycles. The van der Waals surface area contributed by atoms with Gasteiger partial charge in [-0.2, -0.15) is 0 Å². The molecule has 1 aliphatic rings. The highest BCUT2D eigenvalue weighted by molar-refractivity contribution is 6.33. The fourth-order valence-corrected chi connectivity index (χ4v) is 4.06. The Balaban J connectivity index is 2.23. The Bertz CT molecular complexity index is 492. The van der Waals surface area contributed by atoms with Crippen LogP contribution in [0, 0.1) is 5.92 Å². The van der Waals surface area contributed by atoms with Crippen molar-refractivity contribution < 1.29 is 5.11 Å². The summed E-state index contributed by atoms with van der Waals surface area (Å²) in [6, 6.07) is 5.45. The van der Waals surface area contributed by atoms with E-state index in [0.29, 0.717) is 22.4 Å². The number of rotatable bonds is 4. The Morgan fingerprint density at radius 2 is 2.10 bits per heavy atom. The van der Waals surface area contributed by atoms with Crippen LogP contribution in [0.4, 0.5) is 0 Å². The van der Waals surface area contributed by atoms with Gasteiger partial charge in [-0.15, -0.1) is 0 Å². The van der Waals surface area contributed by atoms with E-state index in [1.54, 1.807) is 12.1 Å². The molecule has 2 rings (SSSR count). The van der Waals surface area contributed by atoms with E-state index in [1.807, 2.05) is 6.07 Å². The van der Waals surface area contributed by atoms with Crippen molar-refractivity contribution in [3.05, 3.63) is 33.8 Å². The van der Waals surface area contributed by atoms with E-state index in [2.05, 4.69) is 25.9 Å². The molecule has 1 aliphatic carbocycles. The molecule has 0 spiro atoms. The average molecular weight is 330 g/mol. The molecule has 3 atom stereocenters. The van der Waals surface area contributed by atoms with E-state index in [0.717, 1.165) is 18.4 Å². The first-order valence-corrected chi connectivity index (χ1v) is 8.40. The summed E-state index contributed by atoms with van der Waals surface area (Å²) in [6.07, 6.45) is 4.58. The van der Waals surface area contributed by atoms with Crippen LogP contribution in [-0.2, 0) is 6.42 Å². The Morgan fingerprint density at radius 3 is 2.71 bits per heavy atom. The summed E-state index contributed by atoms with van der Waals surface area (Å²) in [5, 5.41) is 12.3. The molecule has 0 aromatic heterocycles. The Kier molecular flexibility index (Phi) is 5.59. The molecule has 1 aromatic rings. The number of hydrogen-bond donors (Lipinski definition) is 1. The summed E-state index contributed by atoms with van der Waals surface area (Å²) in [5.74, 6) is 0.644. The van der Waals surface area contributed by atoms with Crippen LogP contribution in [-0.4, -0.2) is 35.7 Å². The normalized spacial score (nSPS) is 27.9. The van der Waals surface area contributed by atoms with Crippen LogP contribution in [0.5, 0.6) is 0 Å².